The molecule has 5 nitrogen and oxygen atoms in total. The lowest BCUT2D eigenvalue weighted by Crippen LogP contribution is -2.48. The molecule has 0 fully saturated rings. The summed E-state index contributed by atoms with van der Waals surface area (Å²) in [6.07, 6.45) is 1.09. The Balaban J connectivity index is 4.36. The van der Waals surface area contributed by atoms with E-state index < -0.39 is 5.41 Å². The van der Waals surface area contributed by atoms with Gasteiger partial charge in [-0.3, -0.25) is 10.2 Å². The van der Waals surface area contributed by atoms with E-state index in [1.54, 1.807) is 0 Å². The molecule has 0 unspecified atom stereocenters. The van der Waals surface area contributed by atoms with E-state index in [1.807, 2.05) is 13.8 Å². The van der Waals surface area contributed by atoms with Crippen LogP contribution in [0.2, 0.25) is 0 Å². The quantitative estimate of drug-likeness (QED) is 0.366. The minimum atomic E-state index is -0.448. The third-order valence-electron chi connectivity index (χ3n) is 2.77. The second-order valence-corrected chi connectivity index (χ2v) is 5.44. The Morgan fingerprint density at radius 1 is 1.24 bits per heavy atom. The Hall–Kier alpha value is -0.650. The van der Waals surface area contributed by atoms with Crippen molar-refractivity contribution in [1.29, 1.82) is 0 Å². The number of carbonyl (C=O) groups excluding carboxylic acids is 1. The highest BCUT2D eigenvalue weighted by atomic mass is 16.2. The van der Waals surface area contributed by atoms with Crippen LogP contribution in [0.25, 0.3) is 0 Å². The highest BCUT2D eigenvalue weighted by Gasteiger charge is 2.29. The van der Waals surface area contributed by atoms with Crippen molar-refractivity contribution in [3.63, 3.8) is 0 Å². The maximum absolute atomic E-state index is 11.6. The van der Waals surface area contributed by atoms with E-state index in [0.717, 1.165) is 32.6 Å². The molecule has 3 N–H and O–H groups in total. The van der Waals surface area contributed by atoms with Crippen molar-refractivity contribution in [1.82, 2.24) is 15.2 Å². The normalized spacial score (nSPS) is 12.2. The van der Waals surface area contributed by atoms with Crippen LogP contribution < -0.4 is 11.3 Å². The van der Waals surface area contributed by atoms with Gasteiger partial charge in [-0.2, -0.15) is 0 Å². The number of hydrazine groups is 1. The van der Waals surface area contributed by atoms with Crippen LogP contribution in [0, 0.1) is 5.41 Å². The second kappa shape index (κ2) is 7.63. The first-order valence-corrected chi connectivity index (χ1v) is 6.21. The van der Waals surface area contributed by atoms with Gasteiger partial charge < -0.3 is 9.80 Å². The van der Waals surface area contributed by atoms with Crippen molar-refractivity contribution in [3.05, 3.63) is 0 Å². The summed E-state index contributed by atoms with van der Waals surface area (Å²) in [4.78, 5) is 16.1. The minimum Gasteiger partial charge on any atom is -0.308 e. The van der Waals surface area contributed by atoms with E-state index in [1.165, 1.54) is 0 Å². The number of hydrogen-bond acceptors (Lipinski definition) is 4. The fraction of sp³-hybridized carbons (Fsp3) is 0.917. The Labute approximate surface area is 105 Å². The minimum absolute atomic E-state index is 0.108. The topological polar surface area (TPSA) is 61.6 Å². The first kappa shape index (κ1) is 16.4. The molecule has 17 heavy (non-hydrogen) atoms. The zero-order valence-corrected chi connectivity index (χ0v) is 11.9. The summed E-state index contributed by atoms with van der Waals surface area (Å²) in [5.74, 6) is 5.10. The highest BCUT2D eigenvalue weighted by Crippen LogP contribution is 2.17. The molecule has 0 atom stereocenters. The van der Waals surface area contributed by atoms with Gasteiger partial charge in [-0.05, 0) is 40.9 Å². The van der Waals surface area contributed by atoms with E-state index in [-0.39, 0.29) is 5.91 Å². The van der Waals surface area contributed by atoms with Crippen LogP contribution >= 0.6 is 0 Å². The van der Waals surface area contributed by atoms with Crippen LogP contribution in [-0.2, 0) is 4.79 Å². The predicted octanol–water partition coefficient (Wildman–Crippen LogP) is 0.276. The molecule has 0 aromatic carbocycles. The van der Waals surface area contributed by atoms with Crippen LogP contribution in [0.3, 0.4) is 0 Å². The standard InChI is InChI=1S/C12H28N4O/c1-6-7-16(9-8-15(4)5)10-12(2,3)11(17)14-13/h6-10,13H2,1-5H3,(H,14,17). The van der Waals surface area contributed by atoms with Crippen molar-refractivity contribution in [2.24, 2.45) is 11.3 Å². The van der Waals surface area contributed by atoms with Gasteiger partial charge in [-0.25, -0.2) is 5.84 Å². The fourth-order valence-electron chi connectivity index (χ4n) is 1.75. The molecule has 0 radical (unpaired) electrons. The maximum Gasteiger partial charge on any atom is 0.240 e. The van der Waals surface area contributed by atoms with Gasteiger partial charge in [0.2, 0.25) is 5.91 Å². The zero-order valence-electron chi connectivity index (χ0n) is 11.9. The third-order valence-corrected chi connectivity index (χ3v) is 2.77. The lowest BCUT2D eigenvalue weighted by atomic mass is 9.91. The monoisotopic (exact) mass is 244 g/mol. The molecule has 0 aliphatic heterocycles. The number of hydrogen-bond donors (Lipinski definition) is 2. The van der Waals surface area contributed by atoms with E-state index in [4.69, 9.17) is 5.84 Å². The van der Waals surface area contributed by atoms with Gasteiger partial charge in [0, 0.05) is 19.6 Å². The van der Waals surface area contributed by atoms with Gasteiger partial charge in [0.15, 0.2) is 0 Å². The lowest BCUT2D eigenvalue weighted by Gasteiger charge is -2.31. The Morgan fingerprint density at radius 3 is 2.24 bits per heavy atom. The van der Waals surface area contributed by atoms with Crippen LogP contribution in [-0.4, -0.2) is 56.0 Å². The summed E-state index contributed by atoms with van der Waals surface area (Å²) in [6.45, 7) is 9.72. The molecule has 0 spiro atoms. The van der Waals surface area contributed by atoms with Crippen LogP contribution in [0.5, 0.6) is 0 Å². The summed E-state index contributed by atoms with van der Waals surface area (Å²) in [7, 11) is 4.11. The molecular weight excluding hydrogens is 216 g/mol. The first-order chi connectivity index (χ1) is 7.83. The average Bonchev–Trinajstić information content (AvgIpc) is 2.24. The van der Waals surface area contributed by atoms with Crippen molar-refractivity contribution in [2.45, 2.75) is 27.2 Å². The molecule has 0 heterocycles. The molecule has 102 valence electrons. The SMILES string of the molecule is CCCN(CCN(C)C)CC(C)(C)C(=O)NN. The first-order valence-electron chi connectivity index (χ1n) is 6.21. The van der Waals surface area contributed by atoms with Crippen molar-refractivity contribution in [3.8, 4) is 0 Å². The second-order valence-electron chi connectivity index (χ2n) is 5.44. The highest BCUT2D eigenvalue weighted by molar-refractivity contribution is 5.81. The summed E-state index contributed by atoms with van der Waals surface area (Å²) >= 11 is 0. The number of carbonyl (C=O) groups is 1. The number of nitrogens with zero attached hydrogens (tertiary/aromatic N) is 2. The van der Waals surface area contributed by atoms with Gasteiger partial charge in [-0.15, -0.1) is 0 Å². The van der Waals surface area contributed by atoms with Crippen molar-refractivity contribution in [2.75, 3.05) is 40.3 Å². The maximum atomic E-state index is 11.6. The summed E-state index contributed by atoms with van der Waals surface area (Å²) < 4.78 is 0. The van der Waals surface area contributed by atoms with Crippen molar-refractivity contribution >= 4 is 5.91 Å². The Morgan fingerprint density at radius 2 is 1.82 bits per heavy atom. The summed E-state index contributed by atoms with van der Waals surface area (Å²) in [5, 5.41) is 0. The van der Waals surface area contributed by atoms with Gasteiger partial charge in [0.05, 0.1) is 5.41 Å². The van der Waals surface area contributed by atoms with Crippen LogP contribution in [0.4, 0.5) is 0 Å². The number of rotatable bonds is 8. The van der Waals surface area contributed by atoms with E-state index >= 15 is 0 Å². The number of nitrogens with one attached hydrogen (secondary N) is 1. The average molecular weight is 244 g/mol. The molecule has 5 heteroatoms. The fourth-order valence-corrected chi connectivity index (χ4v) is 1.75. The molecule has 0 rings (SSSR count). The van der Waals surface area contributed by atoms with Crippen LogP contribution in [0.15, 0.2) is 0 Å². The predicted molar refractivity (Wildman–Crippen MR) is 71.4 cm³/mol. The molecule has 0 bridgehead atoms. The molecule has 0 aliphatic carbocycles. The van der Waals surface area contributed by atoms with Gasteiger partial charge in [0.1, 0.15) is 0 Å². The zero-order chi connectivity index (χ0) is 13.5. The smallest absolute Gasteiger partial charge is 0.240 e. The molecule has 0 saturated carbocycles. The summed E-state index contributed by atoms with van der Waals surface area (Å²) in [5.41, 5.74) is 1.79. The molecule has 0 saturated heterocycles. The molecular formula is C12H28N4O. The van der Waals surface area contributed by atoms with E-state index in [2.05, 4.69) is 36.2 Å². The molecule has 1 amide bonds. The van der Waals surface area contributed by atoms with Gasteiger partial charge in [0.25, 0.3) is 0 Å². The van der Waals surface area contributed by atoms with Gasteiger partial charge >= 0.3 is 0 Å². The van der Waals surface area contributed by atoms with E-state index in [9.17, 15) is 4.79 Å². The third kappa shape index (κ3) is 6.61. The molecule has 0 aliphatic rings. The largest absolute Gasteiger partial charge is 0.308 e. The van der Waals surface area contributed by atoms with Crippen LogP contribution in [0.1, 0.15) is 27.2 Å². The molecule has 0 aromatic heterocycles. The number of amides is 1. The number of likely N-dealkylation sites (N-methyl/N-ethyl adjacent to an activating group) is 1. The Kier molecular flexibility index (Phi) is 7.34. The Bertz CT molecular complexity index is 229. The lowest BCUT2D eigenvalue weighted by molar-refractivity contribution is -0.130. The van der Waals surface area contributed by atoms with Crippen molar-refractivity contribution < 1.29 is 4.79 Å². The summed E-state index contributed by atoms with van der Waals surface area (Å²) in [6, 6.07) is 0. The molecule has 0 aromatic rings. The van der Waals surface area contributed by atoms with Gasteiger partial charge in [-0.1, -0.05) is 6.92 Å². The van der Waals surface area contributed by atoms with E-state index in [0.29, 0.717) is 0 Å². The number of nitrogens with two attached hydrogens (primary N) is 1.